The van der Waals surface area contributed by atoms with Gasteiger partial charge in [0.25, 0.3) is 0 Å². The lowest BCUT2D eigenvalue weighted by atomic mass is 9.80. The molecule has 37 heavy (non-hydrogen) atoms. The summed E-state index contributed by atoms with van der Waals surface area (Å²) < 4.78 is 33.0. The van der Waals surface area contributed by atoms with Crippen molar-refractivity contribution >= 4 is 29.8 Å². The van der Waals surface area contributed by atoms with Crippen LogP contribution in [0.2, 0.25) is 0 Å². The molecule has 194 valence electrons. The van der Waals surface area contributed by atoms with Gasteiger partial charge in [-0.3, -0.25) is 24.0 Å². The molecule has 2 aromatic rings. The lowest BCUT2D eigenvalue weighted by Crippen LogP contribution is -2.47. The molecule has 1 aliphatic heterocycles. The molecule has 0 amide bonds. The van der Waals surface area contributed by atoms with Crippen molar-refractivity contribution in [1.29, 1.82) is 0 Å². The van der Waals surface area contributed by atoms with Crippen molar-refractivity contribution in [3.8, 4) is 28.7 Å². The predicted molar refractivity (Wildman–Crippen MR) is 124 cm³/mol. The Labute approximate surface area is 211 Å². The van der Waals surface area contributed by atoms with Crippen LogP contribution < -0.4 is 23.7 Å². The molecule has 1 aliphatic carbocycles. The van der Waals surface area contributed by atoms with Gasteiger partial charge in [0.1, 0.15) is 6.61 Å². The molecule has 2 aromatic carbocycles. The average molecular weight is 512 g/mol. The number of rotatable bonds is 5. The van der Waals surface area contributed by atoms with Crippen LogP contribution in [0.1, 0.15) is 57.2 Å². The molecule has 11 heteroatoms. The summed E-state index contributed by atoms with van der Waals surface area (Å²) in [7, 11) is 0. The number of ether oxygens (including phenoxy) is 6. The van der Waals surface area contributed by atoms with Gasteiger partial charge in [0, 0.05) is 46.6 Å². The van der Waals surface area contributed by atoms with Gasteiger partial charge >= 0.3 is 29.8 Å². The van der Waals surface area contributed by atoms with Crippen LogP contribution in [0.15, 0.2) is 24.3 Å². The molecule has 1 heterocycles. The third kappa shape index (κ3) is 4.97. The van der Waals surface area contributed by atoms with E-state index in [1.54, 1.807) is 18.2 Å². The maximum atomic E-state index is 12.2. The van der Waals surface area contributed by atoms with E-state index in [0.29, 0.717) is 16.7 Å². The average Bonchev–Trinajstić information content (AvgIpc) is 3.06. The standard InChI is InChI=1S/C26H24O11/c1-12(27)33-20-7-6-18-23-19-9-22(35-14(3)29)21(34-13(2)28)8-17(19)10-26(23,37-16(5)31)11-32-24(18)25(20)36-15(4)30/h6-9,23H,10-11H2,1-5H3/t23-,26+/m0/s1. The highest BCUT2D eigenvalue weighted by Gasteiger charge is 2.55. The van der Waals surface area contributed by atoms with Crippen LogP contribution in [0, 0.1) is 0 Å². The summed E-state index contributed by atoms with van der Waals surface area (Å²) >= 11 is 0. The first-order chi connectivity index (χ1) is 17.4. The first-order valence-electron chi connectivity index (χ1n) is 11.3. The van der Waals surface area contributed by atoms with E-state index in [1.165, 1.54) is 40.7 Å². The molecule has 0 bridgehead atoms. The van der Waals surface area contributed by atoms with Gasteiger partial charge in [-0.1, -0.05) is 6.07 Å². The molecule has 0 saturated carbocycles. The van der Waals surface area contributed by atoms with E-state index in [0.717, 1.165) is 0 Å². The highest BCUT2D eigenvalue weighted by atomic mass is 16.6. The minimum Gasteiger partial charge on any atom is -0.485 e. The molecule has 0 unspecified atom stereocenters. The second-order valence-electron chi connectivity index (χ2n) is 8.74. The molecule has 0 saturated heterocycles. The molecule has 4 rings (SSSR count). The first-order valence-corrected chi connectivity index (χ1v) is 11.3. The fourth-order valence-corrected chi connectivity index (χ4v) is 4.82. The van der Waals surface area contributed by atoms with E-state index in [4.69, 9.17) is 28.4 Å². The molecule has 2 atom stereocenters. The van der Waals surface area contributed by atoms with Crippen LogP contribution in [-0.4, -0.2) is 42.1 Å². The first kappa shape index (κ1) is 25.7. The van der Waals surface area contributed by atoms with Gasteiger partial charge in [0.05, 0.1) is 5.92 Å². The Morgan fingerprint density at radius 1 is 0.730 bits per heavy atom. The van der Waals surface area contributed by atoms with Crippen LogP contribution in [0.5, 0.6) is 28.7 Å². The zero-order chi connectivity index (χ0) is 27.1. The van der Waals surface area contributed by atoms with Gasteiger partial charge in [0.2, 0.25) is 5.75 Å². The van der Waals surface area contributed by atoms with Crippen LogP contribution in [0.4, 0.5) is 0 Å². The number of hydrogen-bond acceptors (Lipinski definition) is 11. The summed E-state index contributed by atoms with van der Waals surface area (Å²) in [5, 5.41) is 0. The van der Waals surface area contributed by atoms with Crippen molar-refractivity contribution in [2.24, 2.45) is 0 Å². The lowest BCUT2D eigenvalue weighted by molar-refractivity contribution is -0.162. The number of fused-ring (bicyclic) bond motifs is 5. The monoisotopic (exact) mass is 512 g/mol. The number of benzene rings is 2. The van der Waals surface area contributed by atoms with Crippen molar-refractivity contribution < 1.29 is 52.4 Å². The fraction of sp³-hybridized carbons (Fsp3) is 0.346. The van der Waals surface area contributed by atoms with E-state index in [1.807, 2.05) is 0 Å². The summed E-state index contributed by atoms with van der Waals surface area (Å²) in [5.74, 6) is -3.71. The Morgan fingerprint density at radius 2 is 1.30 bits per heavy atom. The molecule has 11 nitrogen and oxygen atoms in total. The smallest absolute Gasteiger partial charge is 0.308 e. The Balaban J connectivity index is 1.95. The maximum Gasteiger partial charge on any atom is 0.308 e. The highest BCUT2D eigenvalue weighted by Crippen LogP contribution is 2.57. The predicted octanol–water partition coefficient (Wildman–Crippen LogP) is 2.77. The zero-order valence-corrected chi connectivity index (χ0v) is 20.8. The minimum absolute atomic E-state index is 0.00450. The molecule has 0 radical (unpaired) electrons. The topological polar surface area (TPSA) is 141 Å². The Bertz CT molecular complexity index is 1340. The van der Waals surface area contributed by atoms with Crippen LogP contribution >= 0.6 is 0 Å². The van der Waals surface area contributed by atoms with E-state index < -0.39 is 41.4 Å². The summed E-state index contributed by atoms with van der Waals surface area (Å²) in [6.07, 6.45) is 0.190. The van der Waals surface area contributed by atoms with Gasteiger partial charge in [0.15, 0.2) is 28.6 Å². The largest absolute Gasteiger partial charge is 0.485 e. The van der Waals surface area contributed by atoms with Crippen LogP contribution in [0.3, 0.4) is 0 Å². The van der Waals surface area contributed by atoms with Crippen molar-refractivity contribution in [1.82, 2.24) is 0 Å². The second-order valence-corrected chi connectivity index (χ2v) is 8.74. The van der Waals surface area contributed by atoms with Crippen molar-refractivity contribution in [3.63, 3.8) is 0 Å². The second kappa shape index (κ2) is 9.57. The van der Waals surface area contributed by atoms with Crippen molar-refractivity contribution in [2.75, 3.05) is 6.61 Å². The molecular formula is C26H24O11. The summed E-state index contributed by atoms with van der Waals surface area (Å²) in [6, 6.07) is 6.16. The molecule has 2 aliphatic rings. The van der Waals surface area contributed by atoms with Crippen molar-refractivity contribution in [2.45, 2.75) is 52.6 Å². The van der Waals surface area contributed by atoms with Gasteiger partial charge in [-0.15, -0.1) is 0 Å². The normalized spacial score (nSPS) is 18.8. The van der Waals surface area contributed by atoms with E-state index >= 15 is 0 Å². The lowest BCUT2D eigenvalue weighted by Gasteiger charge is -2.40. The molecule has 0 spiro atoms. The van der Waals surface area contributed by atoms with E-state index in [9.17, 15) is 24.0 Å². The van der Waals surface area contributed by atoms with Gasteiger partial charge in [-0.2, -0.15) is 0 Å². The molecular weight excluding hydrogens is 488 g/mol. The van der Waals surface area contributed by atoms with Crippen molar-refractivity contribution in [3.05, 3.63) is 41.0 Å². The van der Waals surface area contributed by atoms with Gasteiger partial charge in [-0.25, -0.2) is 0 Å². The maximum absolute atomic E-state index is 12.2. The molecule has 0 aromatic heterocycles. The Hall–Kier alpha value is -4.41. The number of carbonyl (C=O) groups excluding carboxylic acids is 5. The van der Waals surface area contributed by atoms with Crippen LogP contribution in [0.25, 0.3) is 0 Å². The number of esters is 5. The highest BCUT2D eigenvalue weighted by molar-refractivity contribution is 5.78. The van der Waals surface area contributed by atoms with Crippen LogP contribution in [-0.2, 0) is 35.1 Å². The summed E-state index contributed by atoms with van der Waals surface area (Å²) in [6.45, 7) is 5.95. The number of carbonyl (C=O) groups is 5. The van der Waals surface area contributed by atoms with Gasteiger partial charge < -0.3 is 28.4 Å². The zero-order valence-electron chi connectivity index (χ0n) is 20.8. The quantitative estimate of drug-likeness (QED) is 0.431. The fourth-order valence-electron chi connectivity index (χ4n) is 4.82. The molecule has 0 fully saturated rings. The SMILES string of the molecule is CC(=O)Oc1cc2c(cc1OC(C)=O)[C@@H]1c3ccc(OC(C)=O)c(OC(C)=O)c3OC[C@]1(OC(C)=O)C2. The summed E-state index contributed by atoms with van der Waals surface area (Å²) in [5.41, 5.74) is 0.548. The number of hydrogen-bond donors (Lipinski definition) is 0. The third-order valence-corrected chi connectivity index (χ3v) is 5.76. The van der Waals surface area contributed by atoms with Gasteiger partial charge in [-0.05, 0) is 29.3 Å². The van der Waals surface area contributed by atoms with E-state index in [-0.39, 0.29) is 41.8 Å². The minimum atomic E-state index is -1.21. The molecule has 0 N–H and O–H groups in total. The summed E-state index contributed by atoms with van der Waals surface area (Å²) in [4.78, 5) is 59.1. The third-order valence-electron chi connectivity index (χ3n) is 5.76. The Morgan fingerprint density at radius 3 is 1.86 bits per heavy atom. The Kier molecular flexibility index (Phi) is 6.64. The van der Waals surface area contributed by atoms with E-state index in [2.05, 4.69) is 0 Å².